The zero-order valence-corrected chi connectivity index (χ0v) is 8.20. The third-order valence-corrected chi connectivity index (χ3v) is 2.54. The van der Waals surface area contributed by atoms with E-state index in [1.807, 2.05) is 14.1 Å². The summed E-state index contributed by atoms with van der Waals surface area (Å²) in [6.45, 7) is 0. The van der Waals surface area contributed by atoms with Crippen molar-refractivity contribution >= 4 is 22.4 Å². The van der Waals surface area contributed by atoms with Crippen molar-refractivity contribution in [1.82, 2.24) is 9.13 Å². The molecule has 0 fully saturated rings. The van der Waals surface area contributed by atoms with Gasteiger partial charge < -0.3 is 20.6 Å². The molecule has 5 heteroatoms. The van der Waals surface area contributed by atoms with Crippen molar-refractivity contribution in [3.63, 3.8) is 0 Å². The van der Waals surface area contributed by atoms with Gasteiger partial charge in [0.25, 0.3) is 0 Å². The Morgan fingerprint density at radius 2 is 1.36 bits per heavy atom. The molecule has 14 heavy (non-hydrogen) atoms. The second-order valence-electron chi connectivity index (χ2n) is 3.41. The van der Waals surface area contributed by atoms with Gasteiger partial charge in [0.05, 0.1) is 22.4 Å². The molecule has 5 N–H and O–H groups in total. The minimum Gasteiger partial charge on any atom is -0.397 e. The monoisotopic (exact) mass is 191 g/mol. The van der Waals surface area contributed by atoms with E-state index in [0.717, 1.165) is 11.0 Å². The minimum absolute atomic E-state index is 0.421. The van der Waals surface area contributed by atoms with E-state index in [1.165, 1.54) is 0 Å². The van der Waals surface area contributed by atoms with Crippen LogP contribution in [0, 0.1) is 5.41 Å². The number of nitrogens with one attached hydrogen (secondary N) is 1. The lowest BCUT2D eigenvalue weighted by Gasteiger charge is -2.01. The van der Waals surface area contributed by atoms with E-state index in [1.54, 1.807) is 21.3 Å². The van der Waals surface area contributed by atoms with Crippen molar-refractivity contribution in [2.24, 2.45) is 14.1 Å². The molecule has 1 aromatic heterocycles. The van der Waals surface area contributed by atoms with E-state index < -0.39 is 0 Å². The van der Waals surface area contributed by atoms with E-state index >= 15 is 0 Å². The van der Waals surface area contributed by atoms with Crippen molar-refractivity contribution in [2.75, 3.05) is 11.5 Å². The van der Waals surface area contributed by atoms with E-state index in [9.17, 15) is 0 Å². The predicted octanol–water partition coefficient (Wildman–Crippen LogP) is 0.161. The lowest BCUT2D eigenvalue weighted by atomic mass is 10.2. The van der Waals surface area contributed by atoms with Crippen LogP contribution in [0.4, 0.5) is 11.4 Å². The Balaban J connectivity index is 3.04. The van der Waals surface area contributed by atoms with Crippen molar-refractivity contribution in [2.45, 2.75) is 0 Å². The smallest absolute Gasteiger partial charge is 0.202 e. The zero-order chi connectivity index (χ0) is 10.5. The summed E-state index contributed by atoms with van der Waals surface area (Å²) in [7, 11) is 3.67. The number of hydrogen-bond donors (Lipinski definition) is 3. The first kappa shape index (κ1) is 8.68. The van der Waals surface area contributed by atoms with Gasteiger partial charge in [0, 0.05) is 14.1 Å². The number of hydrogen-bond acceptors (Lipinski definition) is 3. The molecule has 1 aromatic carbocycles. The number of nitrogens with zero attached hydrogens (tertiary/aromatic N) is 2. The highest BCUT2D eigenvalue weighted by Crippen LogP contribution is 2.21. The highest BCUT2D eigenvalue weighted by molar-refractivity contribution is 5.86. The molecule has 0 saturated heterocycles. The van der Waals surface area contributed by atoms with Gasteiger partial charge >= 0.3 is 0 Å². The predicted molar refractivity (Wildman–Crippen MR) is 56.6 cm³/mol. The molecule has 2 rings (SSSR count). The summed E-state index contributed by atoms with van der Waals surface area (Å²) in [6, 6.07) is 3.59. The Morgan fingerprint density at radius 3 is 1.71 bits per heavy atom. The van der Waals surface area contributed by atoms with Gasteiger partial charge in [-0.25, -0.2) is 0 Å². The average Bonchev–Trinajstić information content (AvgIpc) is 2.34. The average molecular weight is 191 g/mol. The summed E-state index contributed by atoms with van der Waals surface area (Å²) in [5.74, 6) is 0. The number of aryl methyl sites for hydroxylation is 2. The molecule has 0 radical (unpaired) electrons. The van der Waals surface area contributed by atoms with Crippen molar-refractivity contribution < 1.29 is 0 Å². The van der Waals surface area contributed by atoms with Crippen LogP contribution in [0.5, 0.6) is 0 Å². The Hall–Kier alpha value is -1.91. The maximum atomic E-state index is 7.76. The Kier molecular flexibility index (Phi) is 1.57. The number of imidazole rings is 1. The van der Waals surface area contributed by atoms with Gasteiger partial charge in [-0.2, -0.15) is 0 Å². The molecule has 5 nitrogen and oxygen atoms in total. The highest BCUT2D eigenvalue weighted by atomic mass is 15.1. The molecule has 0 aliphatic heterocycles. The summed E-state index contributed by atoms with van der Waals surface area (Å²) in [4.78, 5) is 0. The molecule has 0 saturated carbocycles. The molecule has 0 amide bonds. The van der Waals surface area contributed by atoms with E-state index in [4.69, 9.17) is 16.9 Å². The first-order chi connectivity index (χ1) is 6.52. The zero-order valence-electron chi connectivity index (χ0n) is 8.20. The molecule has 0 unspecified atom stereocenters. The summed E-state index contributed by atoms with van der Waals surface area (Å²) >= 11 is 0. The van der Waals surface area contributed by atoms with E-state index in [2.05, 4.69) is 0 Å². The van der Waals surface area contributed by atoms with Crippen LogP contribution in [0.15, 0.2) is 12.1 Å². The lowest BCUT2D eigenvalue weighted by molar-refractivity contribution is 0.742. The Morgan fingerprint density at radius 1 is 1.00 bits per heavy atom. The van der Waals surface area contributed by atoms with Crippen molar-refractivity contribution in [1.29, 1.82) is 5.41 Å². The number of benzene rings is 1. The van der Waals surface area contributed by atoms with Crippen LogP contribution in [0.3, 0.4) is 0 Å². The van der Waals surface area contributed by atoms with Gasteiger partial charge in [-0.15, -0.1) is 0 Å². The second kappa shape index (κ2) is 2.54. The van der Waals surface area contributed by atoms with Gasteiger partial charge in [0.2, 0.25) is 5.62 Å². The van der Waals surface area contributed by atoms with E-state index in [0.29, 0.717) is 17.0 Å². The maximum absolute atomic E-state index is 7.76. The number of aromatic nitrogens is 2. The third-order valence-electron chi connectivity index (χ3n) is 2.54. The van der Waals surface area contributed by atoms with Crippen molar-refractivity contribution in [3.8, 4) is 0 Å². The number of fused-ring (bicyclic) bond motifs is 1. The molecule has 74 valence electrons. The van der Waals surface area contributed by atoms with Crippen LogP contribution in [-0.4, -0.2) is 9.13 Å². The first-order valence-corrected chi connectivity index (χ1v) is 4.27. The summed E-state index contributed by atoms with van der Waals surface area (Å²) in [5.41, 5.74) is 14.8. The number of rotatable bonds is 0. The SMILES string of the molecule is Cn1c(=N)n(C)c2cc(N)c(N)cc21. The molecule has 0 aliphatic rings. The van der Waals surface area contributed by atoms with Crippen LogP contribution >= 0.6 is 0 Å². The molecule has 2 aromatic rings. The Labute approximate surface area is 81.1 Å². The highest BCUT2D eigenvalue weighted by Gasteiger charge is 2.07. The fourth-order valence-corrected chi connectivity index (χ4v) is 1.60. The topological polar surface area (TPSA) is 85.8 Å². The molecule has 0 aliphatic carbocycles. The van der Waals surface area contributed by atoms with Crippen LogP contribution in [-0.2, 0) is 14.1 Å². The summed E-state index contributed by atoms with van der Waals surface area (Å²) in [5, 5.41) is 7.76. The first-order valence-electron chi connectivity index (χ1n) is 4.27. The lowest BCUT2D eigenvalue weighted by Crippen LogP contribution is -2.19. The second-order valence-corrected chi connectivity index (χ2v) is 3.41. The fraction of sp³-hybridized carbons (Fsp3) is 0.222. The standard InChI is InChI=1S/C9H13N5/c1-13-7-3-5(10)6(11)4-8(7)14(2)9(13)12/h3-4,12H,10-11H2,1-2H3. The molecular formula is C9H13N5. The molecular weight excluding hydrogens is 178 g/mol. The fourth-order valence-electron chi connectivity index (χ4n) is 1.60. The molecule has 0 bridgehead atoms. The van der Waals surface area contributed by atoms with Crippen LogP contribution in [0.1, 0.15) is 0 Å². The number of anilines is 2. The normalized spacial score (nSPS) is 11.0. The van der Waals surface area contributed by atoms with Gasteiger partial charge in [0.15, 0.2) is 0 Å². The van der Waals surface area contributed by atoms with Gasteiger partial charge in [0.1, 0.15) is 0 Å². The van der Waals surface area contributed by atoms with Gasteiger partial charge in [-0.3, -0.25) is 5.41 Å². The largest absolute Gasteiger partial charge is 0.397 e. The number of nitrogen functional groups attached to an aromatic ring is 2. The number of nitrogens with two attached hydrogens (primary N) is 2. The minimum atomic E-state index is 0.421. The molecule has 1 heterocycles. The van der Waals surface area contributed by atoms with E-state index in [-0.39, 0.29) is 0 Å². The van der Waals surface area contributed by atoms with Crippen LogP contribution in [0.2, 0.25) is 0 Å². The van der Waals surface area contributed by atoms with Crippen molar-refractivity contribution in [3.05, 3.63) is 17.8 Å². The third kappa shape index (κ3) is 0.921. The van der Waals surface area contributed by atoms with Crippen LogP contribution in [0.25, 0.3) is 11.0 Å². The molecule has 0 atom stereocenters. The van der Waals surface area contributed by atoms with Gasteiger partial charge in [-0.1, -0.05) is 0 Å². The van der Waals surface area contributed by atoms with Gasteiger partial charge in [-0.05, 0) is 12.1 Å². The summed E-state index contributed by atoms with van der Waals surface area (Å²) in [6.07, 6.45) is 0. The van der Waals surface area contributed by atoms with Crippen LogP contribution < -0.4 is 17.1 Å². The maximum Gasteiger partial charge on any atom is 0.202 e. The Bertz CT molecular complexity index is 513. The molecule has 0 spiro atoms. The quantitative estimate of drug-likeness (QED) is 0.518. The summed E-state index contributed by atoms with van der Waals surface area (Å²) < 4.78 is 3.54.